The monoisotopic (exact) mass is 114 g/mol. The first kappa shape index (κ1) is 8.99. The van der Waals surface area contributed by atoms with Gasteiger partial charge in [0, 0.05) is 0 Å². The van der Waals surface area contributed by atoms with Crippen molar-refractivity contribution in [3.8, 4) is 0 Å². The van der Waals surface area contributed by atoms with E-state index in [2.05, 4.69) is 18.4 Å². The molecule has 0 aromatic carbocycles. The second-order valence-electron chi connectivity index (χ2n) is 0.154. The molecule has 0 saturated carbocycles. The minimum absolute atomic E-state index is 1.22. The van der Waals surface area contributed by atoms with Gasteiger partial charge in [-0.05, 0) is 5.54 Å². The number of rotatable bonds is 0. The van der Waals surface area contributed by atoms with Crippen molar-refractivity contribution in [1.82, 2.24) is 0 Å². The molecular weight excluding hydrogens is 111 g/mol. The Morgan fingerprint density at radius 2 is 1.60 bits per heavy atom. The highest BCUT2D eigenvalue weighted by atomic mass is 35.5. The molecule has 0 amide bonds. The summed E-state index contributed by atoms with van der Waals surface area (Å²) in [7, 11) is 0. The van der Waals surface area contributed by atoms with E-state index in [9.17, 15) is 0 Å². The third kappa shape index (κ3) is 284. The van der Waals surface area contributed by atoms with Crippen LogP contribution in [0.2, 0.25) is 0 Å². The molecular formula is C2H4Cl2O. The first-order chi connectivity index (χ1) is 2.41. The Morgan fingerprint density at radius 3 is 1.60 bits per heavy atom. The summed E-state index contributed by atoms with van der Waals surface area (Å²) >= 11 is 8.40. The van der Waals surface area contributed by atoms with Crippen LogP contribution in [0.4, 0.5) is 0 Å². The van der Waals surface area contributed by atoms with E-state index < -0.39 is 0 Å². The summed E-state index contributed by atoms with van der Waals surface area (Å²) < 4.78 is 6.47. The molecule has 0 bridgehead atoms. The van der Waals surface area contributed by atoms with Gasteiger partial charge in [-0.3, -0.25) is 4.66 Å². The third-order valence-corrected chi connectivity index (χ3v) is 0. The lowest BCUT2D eigenvalue weighted by molar-refractivity contribution is 0.632. The van der Waals surface area contributed by atoms with Gasteiger partial charge in [-0.15, -0.1) is 0 Å². The molecule has 0 aliphatic heterocycles. The van der Waals surface area contributed by atoms with Gasteiger partial charge in [-0.25, -0.2) is 0 Å². The molecule has 0 atom stereocenters. The van der Waals surface area contributed by atoms with Crippen LogP contribution in [-0.2, 0) is 0 Å². The molecule has 0 spiro atoms. The van der Waals surface area contributed by atoms with Crippen LogP contribution in [0.25, 0.3) is 0 Å². The molecule has 0 fully saturated rings. The van der Waals surface area contributed by atoms with Crippen molar-refractivity contribution in [2.24, 2.45) is 0 Å². The number of hydrogen-bond donors (Lipinski definition) is 1. The lowest BCUT2D eigenvalue weighted by Gasteiger charge is -1.27. The van der Waals surface area contributed by atoms with Gasteiger partial charge in [0.15, 0.2) is 0 Å². The van der Waals surface area contributed by atoms with Crippen molar-refractivity contribution >= 4 is 23.5 Å². The Morgan fingerprint density at radius 1 is 1.60 bits per heavy atom. The first-order valence-corrected chi connectivity index (χ1v) is 1.57. The Bertz CT molecular complexity index is 15.1. The predicted molar refractivity (Wildman–Crippen MR) is 24.1 cm³/mol. The van der Waals surface area contributed by atoms with E-state index in [1.54, 1.807) is 0 Å². The smallest absolute Gasteiger partial charge is 0.0579 e. The summed E-state index contributed by atoms with van der Waals surface area (Å²) in [4.78, 5) is 0. The second kappa shape index (κ2) is 28.1. The predicted octanol–water partition coefficient (Wildman–Crippen LogP) is 1.50. The average Bonchev–Trinajstić information content (AvgIpc) is 1.46. The van der Waals surface area contributed by atoms with Gasteiger partial charge in [0.2, 0.25) is 0 Å². The lowest BCUT2D eigenvalue weighted by atomic mass is 11.3. The second-order valence-corrected chi connectivity index (χ2v) is 0.463. The number of hydrogen-bond acceptors (Lipinski definition) is 1. The summed E-state index contributed by atoms with van der Waals surface area (Å²) in [6.45, 7) is 3.13. The summed E-state index contributed by atoms with van der Waals surface area (Å²) in [6.07, 6.45) is 0. The maximum absolute atomic E-state index is 6.47. The first-order valence-electron chi connectivity index (χ1n) is 0.795. The van der Waals surface area contributed by atoms with Crippen molar-refractivity contribution in [3.05, 3.63) is 12.1 Å². The maximum atomic E-state index is 6.47. The Labute approximate surface area is 41.0 Å². The topological polar surface area (TPSA) is 20.2 Å². The van der Waals surface area contributed by atoms with E-state index in [1.165, 1.54) is 5.54 Å². The summed E-state index contributed by atoms with van der Waals surface area (Å²) in [6, 6.07) is 0. The van der Waals surface area contributed by atoms with Gasteiger partial charge >= 0.3 is 0 Å². The van der Waals surface area contributed by atoms with Crippen molar-refractivity contribution in [2.75, 3.05) is 0 Å². The van der Waals surface area contributed by atoms with Crippen LogP contribution in [0.3, 0.4) is 0 Å². The van der Waals surface area contributed by atoms with Crippen LogP contribution in [0, 0.1) is 0 Å². The van der Waals surface area contributed by atoms with E-state index in [1.807, 2.05) is 0 Å². The van der Waals surface area contributed by atoms with E-state index in [4.69, 9.17) is 16.3 Å². The summed E-state index contributed by atoms with van der Waals surface area (Å²) in [5.74, 6) is 0. The molecule has 0 unspecified atom stereocenters. The van der Waals surface area contributed by atoms with Crippen LogP contribution in [0.1, 0.15) is 0 Å². The third-order valence-electron chi connectivity index (χ3n) is 0. The normalized spacial score (nSPS) is 3.80. The van der Waals surface area contributed by atoms with Crippen LogP contribution < -0.4 is 0 Å². The van der Waals surface area contributed by atoms with Crippen LogP contribution in [-0.4, -0.2) is 4.66 Å². The summed E-state index contributed by atoms with van der Waals surface area (Å²) in [5.41, 5.74) is 1.22. The maximum Gasteiger partial charge on any atom is 0.0579 e. The van der Waals surface area contributed by atoms with Crippen molar-refractivity contribution in [2.45, 2.75) is 0 Å². The zero-order chi connectivity index (χ0) is 4.71. The van der Waals surface area contributed by atoms with Crippen LogP contribution in [0.15, 0.2) is 12.1 Å². The highest BCUT2D eigenvalue weighted by Gasteiger charge is 1.18. The number of halogens is 2. The van der Waals surface area contributed by atoms with Gasteiger partial charge < -0.3 is 0 Å². The largest absolute Gasteiger partial charge is 0.295 e. The minimum atomic E-state index is 1.22. The fourth-order valence-electron chi connectivity index (χ4n) is 0. The Balaban J connectivity index is 0. The molecule has 0 rings (SSSR count). The standard InChI is InChI=1S/C2H3Cl.ClHO/c1-2-3;1-2/h2H,1H2;2H. The van der Waals surface area contributed by atoms with Gasteiger partial charge in [0.05, 0.1) is 11.9 Å². The molecule has 0 radical (unpaired) electrons. The minimum Gasteiger partial charge on any atom is -0.295 e. The molecule has 1 N–H and O–H groups in total. The van der Waals surface area contributed by atoms with E-state index in [0.717, 1.165) is 0 Å². The molecule has 32 valence electrons. The quantitative estimate of drug-likeness (QED) is 0.507. The zero-order valence-electron chi connectivity index (χ0n) is 2.49. The highest BCUT2D eigenvalue weighted by molar-refractivity contribution is 6.25. The van der Waals surface area contributed by atoms with E-state index in [-0.39, 0.29) is 0 Å². The lowest BCUT2D eigenvalue weighted by Crippen LogP contribution is -0.926. The summed E-state index contributed by atoms with van der Waals surface area (Å²) in [5, 5.41) is 0. The molecule has 3 heteroatoms. The van der Waals surface area contributed by atoms with E-state index >= 15 is 0 Å². The Hall–Kier alpha value is 0.280. The van der Waals surface area contributed by atoms with Gasteiger partial charge in [0.1, 0.15) is 0 Å². The molecule has 0 heterocycles. The molecule has 0 aromatic heterocycles. The zero-order valence-corrected chi connectivity index (χ0v) is 4.00. The average molecular weight is 115 g/mol. The molecule has 0 aliphatic rings. The van der Waals surface area contributed by atoms with Crippen molar-refractivity contribution < 1.29 is 4.66 Å². The molecule has 0 aromatic rings. The van der Waals surface area contributed by atoms with Crippen molar-refractivity contribution in [1.29, 1.82) is 0 Å². The molecule has 0 aliphatic carbocycles. The van der Waals surface area contributed by atoms with Crippen LogP contribution >= 0.6 is 23.5 Å². The molecule has 5 heavy (non-hydrogen) atoms. The van der Waals surface area contributed by atoms with Gasteiger partial charge in [0.25, 0.3) is 0 Å². The fraction of sp³-hybridized carbons (Fsp3) is 0. The van der Waals surface area contributed by atoms with E-state index in [0.29, 0.717) is 0 Å². The Kier molecular flexibility index (Phi) is 50.5. The van der Waals surface area contributed by atoms with Gasteiger partial charge in [-0.1, -0.05) is 18.2 Å². The van der Waals surface area contributed by atoms with Crippen molar-refractivity contribution in [3.63, 3.8) is 0 Å². The fourth-order valence-corrected chi connectivity index (χ4v) is 0. The SMILES string of the molecule is C=CCl.OCl. The molecule has 0 saturated heterocycles. The molecule has 1 nitrogen and oxygen atoms in total. The van der Waals surface area contributed by atoms with Crippen LogP contribution in [0.5, 0.6) is 0 Å². The highest BCUT2D eigenvalue weighted by Crippen LogP contribution is 1.60. The van der Waals surface area contributed by atoms with Gasteiger partial charge in [-0.2, -0.15) is 0 Å².